The van der Waals surface area contributed by atoms with Crippen molar-refractivity contribution in [2.45, 2.75) is 6.92 Å². The maximum absolute atomic E-state index is 5.96. The summed E-state index contributed by atoms with van der Waals surface area (Å²) < 4.78 is 10.5. The third kappa shape index (κ3) is 2.48. The summed E-state index contributed by atoms with van der Waals surface area (Å²) in [5, 5.41) is 4.11. The highest BCUT2D eigenvalue weighted by atomic mass is 16.5. The first-order valence-electron chi connectivity index (χ1n) is 6.65. The van der Waals surface area contributed by atoms with Crippen molar-refractivity contribution in [3.8, 4) is 28.1 Å². The van der Waals surface area contributed by atoms with Gasteiger partial charge in [-0.2, -0.15) is 0 Å². The molecular formula is C17H16N2O2. The molecule has 0 aliphatic rings. The van der Waals surface area contributed by atoms with Gasteiger partial charge in [-0.3, -0.25) is 0 Å². The molecule has 0 aliphatic heterocycles. The Labute approximate surface area is 123 Å². The Morgan fingerprint density at radius 3 is 2.52 bits per heavy atom. The molecule has 4 heteroatoms. The van der Waals surface area contributed by atoms with Crippen LogP contribution in [0.2, 0.25) is 0 Å². The standard InChI is InChI=1S/C17H16N2O2/c1-11-6-8-12(9-7-11)16-15(17(18)21-19-16)13-4-3-5-14(10-13)20-2/h3-10H,18H2,1-2H3. The number of anilines is 1. The third-order valence-electron chi connectivity index (χ3n) is 3.40. The normalized spacial score (nSPS) is 10.6. The first kappa shape index (κ1) is 13.2. The van der Waals surface area contributed by atoms with Crippen molar-refractivity contribution in [2.24, 2.45) is 0 Å². The zero-order chi connectivity index (χ0) is 14.8. The zero-order valence-electron chi connectivity index (χ0n) is 12.0. The average Bonchev–Trinajstić information content (AvgIpc) is 2.90. The number of aromatic nitrogens is 1. The molecule has 0 saturated heterocycles. The lowest BCUT2D eigenvalue weighted by Crippen LogP contribution is -1.89. The molecule has 1 heterocycles. The number of aryl methyl sites for hydroxylation is 1. The molecule has 0 radical (unpaired) electrons. The van der Waals surface area contributed by atoms with Crippen LogP contribution in [0, 0.1) is 6.92 Å². The lowest BCUT2D eigenvalue weighted by Gasteiger charge is -2.05. The fourth-order valence-electron chi connectivity index (χ4n) is 2.27. The first-order chi connectivity index (χ1) is 10.2. The molecule has 0 bridgehead atoms. The van der Waals surface area contributed by atoms with Gasteiger partial charge >= 0.3 is 0 Å². The third-order valence-corrected chi connectivity index (χ3v) is 3.40. The van der Waals surface area contributed by atoms with Gasteiger partial charge in [0, 0.05) is 5.56 Å². The zero-order valence-corrected chi connectivity index (χ0v) is 12.0. The van der Waals surface area contributed by atoms with E-state index < -0.39 is 0 Å². The number of nitrogens with two attached hydrogens (primary N) is 1. The number of nitrogens with zero attached hydrogens (tertiary/aromatic N) is 1. The molecular weight excluding hydrogens is 264 g/mol. The minimum absolute atomic E-state index is 0.304. The Bertz CT molecular complexity index is 761. The Morgan fingerprint density at radius 1 is 1.05 bits per heavy atom. The largest absolute Gasteiger partial charge is 0.497 e. The molecule has 0 spiro atoms. The van der Waals surface area contributed by atoms with E-state index in [4.69, 9.17) is 15.0 Å². The van der Waals surface area contributed by atoms with Crippen LogP contribution in [0.15, 0.2) is 53.1 Å². The molecule has 0 fully saturated rings. The Morgan fingerprint density at radius 2 is 1.81 bits per heavy atom. The van der Waals surface area contributed by atoms with Gasteiger partial charge in [-0.25, -0.2) is 0 Å². The van der Waals surface area contributed by atoms with Gasteiger partial charge in [0.05, 0.1) is 12.7 Å². The highest BCUT2D eigenvalue weighted by Gasteiger charge is 2.17. The van der Waals surface area contributed by atoms with Gasteiger partial charge in [-0.05, 0) is 24.6 Å². The maximum atomic E-state index is 5.96. The Kier molecular flexibility index (Phi) is 3.36. The van der Waals surface area contributed by atoms with E-state index in [2.05, 4.69) is 5.16 Å². The summed E-state index contributed by atoms with van der Waals surface area (Å²) in [5.74, 6) is 1.07. The number of rotatable bonds is 3. The van der Waals surface area contributed by atoms with Crippen molar-refractivity contribution in [1.82, 2.24) is 5.16 Å². The summed E-state index contributed by atoms with van der Waals surface area (Å²) in [4.78, 5) is 0. The lowest BCUT2D eigenvalue weighted by atomic mass is 10.00. The van der Waals surface area contributed by atoms with Crippen LogP contribution in [0.3, 0.4) is 0 Å². The van der Waals surface area contributed by atoms with E-state index >= 15 is 0 Å². The molecule has 3 rings (SSSR count). The molecule has 4 nitrogen and oxygen atoms in total. The lowest BCUT2D eigenvalue weighted by molar-refractivity contribution is 0.415. The molecule has 106 valence electrons. The molecule has 0 aliphatic carbocycles. The quantitative estimate of drug-likeness (QED) is 0.790. The van der Waals surface area contributed by atoms with Crippen molar-refractivity contribution in [3.05, 3.63) is 54.1 Å². The van der Waals surface area contributed by atoms with Crippen molar-refractivity contribution < 1.29 is 9.26 Å². The molecule has 2 aromatic carbocycles. The predicted molar refractivity (Wildman–Crippen MR) is 83.1 cm³/mol. The van der Waals surface area contributed by atoms with Crippen molar-refractivity contribution in [2.75, 3.05) is 12.8 Å². The van der Waals surface area contributed by atoms with Crippen LogP contribution >= 0.6 is 0 Å². The average molecular weight is 280 g/mol. The number of ether oxygens (including phenoxy) is 1. The van der Waals surface area contributed by atoms with Gasteiger partial charge in [0.1, 0.15) is 11.4 Å². The van der Waals surface area contributed by atoms with Gasteiger partial charge < -0.3 is 15.0 Å². The van der Waals surface area contributed by atoms with Crippen molar-refractivity contribution >= 4 is 5.88 Å². The van der Waals surface area contributed by atoms with E-state index in [1.807, 2.05) is 55.5 Å². The highest BCUT2D eigenvalue weighted by Crippen LogP contribution is 2.37. The summed E-state index contributed by atoms with van der Waals surface area (Å²) >= 11 is 0. The Balaban J connectivity index is 2.14. The molecule has 0 amide bonds. The summed E-state index contributed by atoms with van der Waals surface area (Å²) in [5.41, 5.74) is 10.6. The Hall–Kier alpha value is -2.75. The number of benzene rings is 2. The van der Waals surface area contributed by atoms with Gasteiger partial charge in [-0.15, -0.1) is 0 Å². The molecule has 1 aromatic heterocycles. The summed E-state index contributed by atoms with van der Waals surface area (Å²) in [7, 11) is 1.64. The van der Waals surface area contributed by atoms with E-state index in [1.165, 1.54) is 5.56 Å². The number of methoxy groups -OCH3 is 1. The van der Waals surface area contributed by atoms with Crippen LogP contribution in [0.4, 0.5) is 5.88 Å². The summed E-state index contributed by atoms with van der Waals surface area (Å²) in [6.45, 7) is 2.05. The first-order valence-corrected chi connectivity index (χ1v) is 6.65. The van der Waals surface area contributed by atoms with E-state index in [1.54, 1.807) is 7.11 Å². The summed E-state index contributed by atoms with van der Waals surface area (Å²) in [6, 6.07) is 15.8. The minimum Gasteiger partial charge on any atom is -0.497 e. The van der Waals surface area contributed by atoms with Gasteiger partial charge in [-0.1, -0.05) is 47.1 Å². The minimum atomic E-state index is 0.304. The highest BCUT2D eigenvalue weighted by molar-refractivity contribution is 5.87. The van der Waals surface area contributed by atoms with E-state index in [0.29, 0.717) is 5.88 Å². The van der Waals surface area contributed by atoms with Crippen LogP contribution < -0.4 is 10.5 Å². The summed E-state index contributed by atoms with van der Waals surface area (Å²) in [6.07, 6.45) is 0. The van der Waals surface area contributed by atoms with E-state index in [0.717, 1.165) is 28.1 Å². The molecule has 2 N–H and O–H groups in total. The molecule has 0 saturated carbocycles. The predicted octanol–water partition coefficient (Wildman–Crippen LogP) is 3.91. The monoisotopic (exact) mass is 280 g/mol. The SMILES string of the molecule is COc1cccc(-c2c(-c3ccc(C)cc3)noc2N)c1. The van der Waals surface area contributed by atoms with Gasteiger partial charge in [0.2, 0.25) is 5.88 Å². The number of hydrogen-bond donors (Lipinski definition) is 1. The fraction of sp³-hybridized carbons (Fsp3) is 0.118. The fourth-order valence-corrected chi connectivity index (χ4v) is 2.27. The number of hydrogen-bond acceptors (Lipinski definition) is 4. The smallest absolute Gasteiger partial charge is 0.230 e. The van der Waals surface area contributed by atoms with Crippen LogP contribution in [-0.4, -0.2) is 12.3 Å². The second kappa shape index (κ2) is 5.32. The van der Waals surface area contributed by atoms with Crippen LogP contribution in [-0.2, 0) is 0 Å². The van der Waals surface area contributed by atoms with Gasteiger partial charge in [0.15, 0.2) is 0 Å². The van der Waals surface area contributed by atoms with Crippen LogP contribution in [0.25, 0.3) is 22.4 Å². The maximum Gasteiger partial charge on any atom is 0.230 e. The van der Waals surface area contributed by atoms with Crippen LogP contribution in [0.5, 0.6) is 5.75 Å². The van der Waals surface area contributed by atoms with Gasteiger partial charge in [0.25, 0.3) is 0 Å². The van der Waals surface area contributed by atoms with Crippen LogP contribution in [0.1, 0.15) is 5.56 Å². The van der Waals surface area contributed by atoms with E-state index in [-0.39, 0.29) is 0 Å². The van der Waals surface area contributed by atoms with Crippen molar-refractivity contribution in [3.63, 3.8) is 0 Å². The topological polar surface area (TPSA) is 61.3 Å². The molecule has 0 unspecified atom stereocenters. The number of nitrogen functional groups attached to an aromatic ring is 1. The second-order valence-electron chi connectivity index (χ2n) is 4.87. The van der Waals surface area contributed by atoms with E-state index in [9.17, 15) is 0 Å². The molecule has 21 heavy (non-hydrogen) atoms. The molecule has 3 aromatic rings. The molecule has 0 atom stereocenters. The van der Waals surface area contributed by atoms with Crippen molar-refractivity contribution in [1.29, 1.82) is 0 Å². The second-order valence-corrected chi connectivity index (χ2v) is 4.87.